The number of aryl methyl sites for hydroxylation is 1. The molecular weight excluding hydrogens is 683 g/mol. The van der Waals surface area contributed by atoms with E-state index >= 15 is 0 Å². The summed E-state index contributed by atoms with van der Waals surface area (Å²) >= 11 is 0. The van der Waals surface area contributed by atoms with Crippen LogP contribution in [-0.2, 0) is 6.42 Å². The summed E-state index contributed by atoms with van der Waals surface area (Å²) < 4.78 is 15.3. The molecule has 11 rings (SSSR count). The summed E-state index contributed by atoms with van der Waals surface area (Å²) in [6.45, 7) is 4.50. The van der Waals surface area contributed by atoms with Crippen molar-refractivity contribution in [3.8, 4) is 27.9 Å². The molecule has 0 N–H and O–H groups in total. The Hall–Kier alpha value is -6.84. The fourth-order valence-corrected chi connectivity index (χ4v) is 9.12. The molecule has 1 atom stereocenters. The number of fused-ring (bicyclic) bond motifs is 9. The zero-order valence-electron chi connectivity index (χ0n) is 31.4. The van der Waals surface area contributed by atoms with Crippen LogP contribution in [0.5, 0.6) is 0 Å². The molecule has 0 radical (unpaired) electrons. The van der Waals surface area contributed by atoms with E-state index in [1.165, 1.54) is 49.6 Å². The van der Waals surface area contributed by atoms with Crippen molar-refractivity contribution in [2.45, 2.75) is 32.6 Å². The normalized spacial score (nSPS) is 12.5. The number of rotatable bonds is 7. The highest BCUT2D eigenvalue weighted by Gasteiger charge is 2.19. The zero-order valence-corrected chi connectivity index (χ0v) is 31.4. The minimum Gasteiger partial charge on any atom is -0.456 e. The van der Waals surface area contributed by atoms with Crippen LogP contribution in [0.4, 0.5) is 0 Å². The maximum Gasteiger partial charge on any atom is 0.139 e. The first-order chi connectivity index (χ1) is 27.6. The van der Waals surface area contributed by atoms with Crippen molar-refractivity contribution in [2.24, 2.45) is 0 Å². The molecule has 56 heavy (non-hydrogen) atoms. The van der Waals surface area contributed by atoms with E-state index in [4.69, 9.17) is 8.83 Å². The first kappa shape index (κ1) is 32.6. The van der Waals surface area contributed by atoms with Gasteiger partial charge in [0.05, 0.1) is 11.0 Å². The quantitative estimate of drug-likeness (QED) is 0.164. The third kappa shape index (κ3) is 5.19. The fourth-order valence-electron chi connectivity index (χ4n) is 9.12. The van der Waals surface area contributed by atoms with Crippen molar-refractivity contribution in [3.05, 3.63) is 187 Å². The second kappa shape index (κ2) is 12.9. The predicted molar refractivity (Wildman–Crippen MR) is 234 cm³/mol. The average Bonchev–Trinajstić information content (AvgIpc) is 3.90. The van der Waals surface area contributed by atoms with Gasteiger partial charge in [-0.05, 0) is 119 Å². The van der Waals surface area contributed by atoms with Gasteiger partial charge in [-0.15, -0.1) is 0 Å². The molecule has 0 amide bonds. The van der Waals surface area contributed by atoms with E-state index in [9.17, 15) is 0 Å². The van der Waals surface area contributed by atoms with Crippen LogP contribution in [0.15, 0.2) is 179 Å². The molecule has 0 aliphatic carbocycles. The fraction of sp³-hybridized carbons (Fsp3) is 0.0943. The molecule has 3 heterocycles. The molecule has 0 fully saturated rings. The number of hydrogen-bond donors (Lipinski definition) is 0. The van der Waals surface area contributed by atoms with Gasteiger partial charge in [0, 0.05) is 44.1 Å². The summed E-state index contributed by atoms with van der Waals surface area (Å²) in [7, 11) is 0. The maximum absolute atomic E-state index is 6.47. The zero-order chi connectivity index (χ0) is 37.3. The molecule has 3 heteroatoms. The van der Waals surface area contributed by atoms with Crippen LogP contribution in [0.1, 0.15) is 36.0 Å². The van der Waals surface area contributed by atoms with E-state index in [2.05, 4.69) is 188 Å². The molecular formula is C53H39NO2. The Morgan fingerprint density at radius 1 is 0.464 bits per heavy atom. The van der Waals surface area contributed by atoms with E-state index < -0.39 is 0 Å². The standard InChI is InChI=1S/C53H39NO2/c1-3-34(27-38-14-5-7-18-41(38)40-17-6-4-13-33(40)2)36-23-25-50-44(29-36)46-31-47-45-30-37(24-26-51(45)56-53(47)32-52(46)55-50)35-15-12-16-39(28-35)54-48-21-10-8-19-42(48)43-20-9-11-22-49(43)54/h4-26,28-32,34H,3,27H2,1-2H3/t34-/m0/s1. The Labute approximate surface area is 325 Å². The lowest BCUT2D eigenvalue weighted by molar-refractivity contribution is 0.652. The van der Waals surface area contributed by atoms with Gasteiger partial charge in [0.25, 0.3) is 0 Å². The maximum atomic E-state index is 6.47. The van der Waals surface area contributed by atoms with Gasteiger partial charge in [-0.1, -0.05) is 116 Å². The molecule has 0 bridgehead atoms. The van der Waals surface area contributed by atoms with Gasteiger partial charge in [0.15, 0.2) is 0 Å². The van der Waals surface area contributed by atoms with Crippen LogP contribution >= 0.6 is 0 Å². The van der Waals surface area contributed by atoms with Crippen LogP contribution in [0.25, 0.3) is 93.6 Å². The Kier molecular flexibility index (Phi) is 7.50. The van der Waals surface area contributed by atoms with Gasteiger partial charge in [0.1, 0.15) is 22.3 Å². The lowest BCUT2D eigenvalue weighted by Crippen LogP contribution is -2.03. The Morgan fingerprint density at radius 2 is 1.07 bits per heavy atom. The van der Waals surface area contributed by atoms with Crippen LogP contribution in [0.3, 0.4) is 0 Å². The highest BCUT2D eigenvalue weighted by Crippen LogP contribution is 2.41. The van der Waals surface area contributed by atoms with E-state index in [0.717, 1.165) is 73.5 Å². The predicted octanol–water partition coefficient (Wildman–Crippen LogP) is 15.0. The van der Waals surface area contributed by atoms with Crippen molar-refractivity contribution in [1.29, 1.82) is 0 Å². The number of aromatic nitrogens is 1. The second-order valence-corrected chi connectivity index (χ2v) is 15.2. The summed E-state index contributed by atoms with van der Waals surface area (Å²) in [6.07, 6.45) is 2.01. The second-order valence-electron chi connectivity index (χ2n) is 15.2. The summed E-state index contributed by atoms with van der Waals surface area (Å²) in [4.78, 5) is 0. The number of benzene rings is 8. The van der Waals surface area contributed by atoms with Gasteiger partial charge in [-0.25, -0.2) is 0 Å². The Bertz CT molecular complexity index is 3250. The molecule has 0 aliphatic rings. The number of nitrogens with zero attached hydrogens (tertiary/aromatic N) is 1. The molecule has 3 nitrogen and oxygen atoms in total. The van der Waals surface area contributed by atoms with E-state index in [1.54, 1.807) is 0 Å². The molecule has 11 aromatic rings. The molecule has 0 saturated heterocycles. The summed E-state index contributed by atoms with van der Waals surface area (Å²) in [6, 6.07) is 61.5. The Morgan fingerprint density at radius 3 is 1.80 bits per heavy atom. The lowest BCUT2D eigenvalue weighted by atomic mass is 9.85. The van der Waals surface area contributed by atoms with E-state index in [1.807, 2.05) is 0 Å². The van der Waals surface area contributed by atoms with Crippen molar-refractivity contribution in [3.63, 3.8) is 0 Å². The van der Waals surface area contributed by atoms with Gasteiger partial charge in [-0.3, -0.25) is 0 Å². The average molecular weight is 722 g/mol. The third-order valence-corrected chi connectivity index (χ3v) is 12.0. The van der Waals surface area contributed by atoms with Crippen LogP contribution in [0.2, 0.25) is 0 Å². The van der Waals surface area contributed by atoms with E-state index in [-0.39, 0.29) is 0 Å². The van der Waals surface area contributed by atoms with Gasteiger partial charge in [0.2, 0.25) is 0 Å². The SMILES string of the molecule is CC[C@@H](Cc1ccccc1-c1ccccc1C)c1ccc2oc3cc4oc5ccc(-c6cccc(-n7c8ccccc8c8ccccc87)c6)cc5c4cc3c2c1. The molecule has 8 aromatic carbocycles. The molecule has 0 spiro atoms. The molecule has 0 aliphatic heterocycles. The minimum atomic E-state index is 0.369. The first-order valence-corrected chi connectivity index (χ1v) is 19.7. The highest BCUT2D eigenvalue weighted by atomic mass is 16.3. The van der Waals surface area contributed by atoms with Crippen LogP contribution < -0.4 is 0 Å². The minimum absolute atomic E-state index is 0.369. The van der Waals surface area contributed by atoms with Crippen LogP contribution in [0, 0.1) is 6.92 Å². The molecule has 0 saturated carbocycles. The van der Waals surface area contributed by atoms with Crippen molar-refractivity contribution < 1.29 is 8.83 Å². The Balaban J connectivity index is 0.988. The molecule has 3 aromatic heterocycles. The summed E-state index contributed by atoms with van der Waals surface area (Å²) in [5.74, 6) is 0.369. The van der Waals surface area contributed by atoms with Crippen LogP contribution in [-0.4, -0.2) is 4.57 Å². The highest BCUT2D eigenvalue weighted by molar-refractivity contribution is 6.16. The van der Waals surface area contributed by atoms with Crippen molar-refractivity contribution in [2.75, 3.05) is 0 Å². The first-order valence-electron chi connectivity index (χ1n) is 19.7. The number of hydrogen-bond acceptors (Lipinski definition) is 2. The summed E-state index contributed by atoms with van der Waals surface area (Å²) in [5.41, 5.74) is 16.0. The van der Waals surface area contributed by atoms with Gasteiger partial charge < -0.3 is 13.4 Å². The van der Waals surface area contributed by atoms with Crippen molar-refractivity contribution in [1.82, 2.24) is 4.57 Å². The van der Waals surface area contributed by atoms with Crippen molar-refractivity contribution >= 4 is 65.7 Å². The van der Waals surface area contributed by atoms with Gasteiger partial charge >= 0.3 is 0 Å². The largest absolute Gasteiger partial charge is 0.456 e. The third-order valence-electron chi connectivity index (χ3n) is 12.0. The van der Waals surface area contributed by atoms with Gasteiger partial charge in [-0.2, -0.15) is 0 Å². The molecule has 268 valence electrons. The smallest absolute Gasteiger partial charge is 0.139 e. The number of furan rings is 2. The van der Waals surface area contributed by atoms with E-state index in [0.29, 0.717) is 5.92 Å². The topological polar surface area (TPSA) is 31.2 Å². The summed E-state index contributed by atoms with van der Waals surface area (Å²) in [5, 5.41) is 6.99. The number of para-hydroxylation sites is 2. The molecule has 0 unspecified atom stereocenters. The lowest BCUT2D eigenvalue weighted by Gasteiger charge is -2.19. The monoisotopic (exact) mass is 721 g/mol.